The lowest BCUT2D eigenvalue weighted by Crippen LogP contribution is -2.40. The first-order valence-electron chi connectivity index (χ1n) is 10.8. The van der Waals surface area contributed by atoms with E-state index in [9.17, 15) is 19.7 Å². The van der Waals surface area contributed by atoms with E-state index in [1.807, 2.05) is 6.92 Å². The summed E-state index contributed by atoms with van der Waals surface area (Å²) in [6.07, 6.45) is 4.05. The maximum Gasteiger partial charge on any atom is 0.270 e. The normalized spacial score (nSPS) is 18.0. The van der Waals surface area contributed by atoms with Crippen LogP contribution >= 0.6 is 0 Å². The predicted octanol–water partition coefficient (Wildman–Crippen LogP) is 1.87. The van der Waals surface area contributed by atoms with Crippen molar-refractivity contribution in [3.8, 4) is 0 Å². The van der Waals surface area contributed by atoms with Crippen LogP contribution in [0.4, 0.5) is 11.4 Å². The van der Waals surface area contributed by atoms with E-state index in [2.05, 4.69) is 15.1 Å². The maximum atomic E-state index is 13.4. The average Bonchev–Trinajstić information content (AvgIpc) is 2.99. The number of anilines is 1. The van der Waals surface area contributed by atoms with Crippen LogP contribution in [0.5, 0.6) is 0 Å². The summed E-state index contributed by atoms with van der Waals surface area (Å²) < 4.78 is 0. The van der Waals surface area contributed by atoms with Gasteiger partial charge in [-0.2, -0.15) is 0 Å². The molecule has 2 aliphatic heterocycles. The van der Waals surface area contributed by atoms with Crippen LogP contribution in [0.15, 0.2) is 18.2 Å². The Hall–Kier alpha value is -2.68. The van der Waals surface area contributed by atoms with E-state index in [0.717, 1.165) is 44.6 Å². The first-order chi connectivity index (χ1) is 14.5. The smallest absolute Gasteiger partial charge is 0.270 e. The van der Waals surface area contributed by atoms with E-state index in [4.69, 9.17) is 0 Å². The zero-order chi connectivity index (χ0) is 21.5. The van der Waals surface area contributed by atoms with E-state index < -0.39 is 4.92 Å². The molecule has 2 saturated heterocycles. The molecule has 164 valence electrons. The number of rotatable bonds is 6. The lowest BCUT2D eigenvalue weighted by molar-refractivity contribution is -0.384. The lowest BCUT2D eigenvalue weighted by Gasteiger charge is -2.31. The maximum absolute atomic E-state index is 13.4. The van der Waals surface area contributed by atoms with Gasteiger partial charge < -0.3 is 15.1 Å². The molecule has 2 aliphatic rings. The van der Waals surface area contributed by atoms with Crippen molar-refractivity contribution in [1.29, 1.82) is 0 Å². The molecule has 1 N–H and O–H groups in total. The summed E-state index contributed by atoms with van der Waals surface area (Å²) in [7, 11) is 0. The minimum Gasteiger partial charge on any atom is -0.371 e. The van der Waals surface area contributed by atoms with Gasteiger partial charge in [-0.25, -0.2) is 0 Å². The Morgan fingerprint density at radius 2 is 1.80 bits per heavy atom. The number of non-ortho nitro benzene ring substituents is 1. The Kier molecular flexibility index (Phi) is 7.62. The topological polar surface area (TPSA) is 99.0 Å². The molecule has 3 rings (SSSR count). The Balaban J connectivity index is 1.76. The number of nitrogens with one attached hydrogen (secondary N) is 1. The number of hydrogen-bond acceptors (Lipinski definition) is 6. The standard InChI is InChI=1S/C21H31N5O4/c1-2-22-20(27)16-23-9-6-12-25(14-13-23)21(28)18-15-17(26(29)30)7-8-19(18)24-10-4-3-5-11-24/h7-8,15H,2-6,9-14,16H2,1H3,(H,22,27). The summed E-state index contributed by atoms with van der Waals surface area (Å²) in [5.41, 5.74) is 1.13. The average molecular weight is 418 g/mol. The van der Waals surface area contributed by atoms with Crippen LogP contribution in [0.1, 0.15) is 43.0 Å². The molecule has 0 aliphatic carbocycles. The van der Waals surface area contributed by atoms with Crippen molar-refractivity contribution in [2.75, 3.05) is 57.3 Å². The molecule has 0 spiro atoms. The van der Waals surface area contributed by atoms with Gasteiger partial charge in [0.2, 0.25) is 5.91 Å². The fourth-order valence-electron chi connectivity index (χ4n) is 4.18. The van der Waals surface area contributed by atoms with Gasteiger partial charge in [-0.15, -0.1) is 0 Å². The Bertz CT molecular complexity index is 779. The van der Waals surface area contributed by atoms with E-state index in [0.29, 0.717) is 38.3 Å². The van der Waals surface area contributed by atoms with Gasteiger partial charge >= 0.3 is 0 Å². The molecule has 0 saturated carbocycles. The molecule has 0 atom stereocenters. The molecule has 2 amide bonds. The third kappa shape index (κ3) is 5.47. The van der Waals surface area contributed by atoms with Gasteiger partial charge in [-0.1, -0.05) is 0 Å². The summed E-state index contributed by atoms with van der Waals surface area (Å²) in [5, 5.41) is 14.1. The molecule has 0 radical (unpaired) electrons. The van der Waals surface area contributed by atoms with Gasteiger partial charge in [0.25, 0.3) is 11.6 Å². The van der Waals surface area contributed by atoms with Crippen molar-refractivity contribution < 1.29 is 14.5 Å². The van der Waals surface area contributed by atoms with Crippen LogP contribution in [-0.4, -0.2) is 78.9 Å². The van der Waals surface area contributed by atoms with Gasteiger partial charge in [-0.05, 0) is 38.7 Å². The molecule has 9 nitrogen and oxygen atoms in total. The molecule has 2 fully saturated rings. The van der Waals surface area contributed by atoms with Crippen molar-refractivity contribution >= 4 is 23.2 Å². The second kappa shape index (κ2) is 10.4. The highest BCUT2D eigenvalue weighted by Gasteiger charge is 2.27. The van der Waals surface area contributed by atoms with E-state index >= 15 is 0 Å². The minimum absolute atomic E-state index is 0.0108. The fraction of sp³-hybridized carbons (Fsp3) is 0.619. The molecule has 30 heavy (non-hydrogen) atoms. The number of carbonyl (C=O) groups is 2. The van der Waals surface area contributed by atoms with Crippen LogP contribution in [0.2, 0.25) is 0 Å². The highest BCUT2D eigenvalue weighted by Crippen LogP contribution is 2.29. The fourth-order valence-corrected chi connectivity index (χ4v) is 4.18. The zero-order valence-corrected chi connectivity index (χ0v) is 17.6. The number of nitro groups is 1. The molecule has 0 aromatic heterocycles. The van der Waals surface area contributed by atoms with Crippen LogP contribution in [0.3, 0.4) is 0 Å². The molecule has 2 heterocycles. The predicted molar refractivity (Wildman–Crippen MR) is 115 cm³/mol. The summed E-state index contributed by atoms with van der Waals surface area (Å²) >= 11 is 0. The molecule has 1 aromatic carbocycles. The number of hydrogen-bond donors (Lipinski definition) is 1. The number of piperidine rings is 1. The van der Waals surface area contributed by atoms with Crippen LogP contribution < -0.4 is 10.2 Å². The highest BCUT2D eigenvalue weighted by atomic mass is 16.6. The molecule has 0 bridgehead atoms. The van der Waals surface area contributed by atoms with Crippen LogP contribution in [0, 0.1) is 10.1 Å². The molecule has 9 heteroatoms. The SMILES string of the molecule is CCNC(=O)CN1CCCN(C(=O)c2cc([N+](=O)[O-])ccc2N2CCCCC2)CC1. The highest BCUT2D eigenvalue weighted by molar-refractivity contribution is 6.00. The van der Waals surface area contributed by atoms with E-state index in [1.54, 1.807) is 11.0 Å². The number of likely N-dealkylation sites (N-methyl/N-ethyl adjacent to an activating group) is 1. The molecule has 0 unspecified atom stereocenters. The third-order valence-electron chi connectivity index (χ3n) is 5.74. The zero-order valence-electron chi connectivity index (χ0n) is 17.6. The monoisotopic (exact) mass is 417 g/mol. The molecular formula is C21H31N5O4. The Morgan fingerprint density at radius 1 is 1.03 bits per heavy atom. The van der Waals surface area contributed by atoms with Gasteiger partial charge in [0.1, 0.15) is 0 Å². The third-order valence-corrected chi connectivity index (χ3v) is 5.74. The summed E-state index contributed by atoms with van der Waals surface area (Å²) in [5.74, 6) is -0.178. The van der Waals surface area contributed by atoms with Crippen molar-refractivity contribution in [1.82, 2.24) is 15.1 Å². The number of benzene rings is 1. The second-order valence-electron chi connectivity index (χ2n) is 7.88. The van der Waals surface area contributed by atoms with Crippen molar-refractivity contribution in [2.24, 2.45) is 0 Å². The second-order valence-corrected chi connectivity index (χ2v) is 7.88. The number of amides is 2. The number of nitrogens with zero attached hydrogens (tertiary/aromatic N) is 4. The van der Waals surface area contributed by atoms with Crippen LogP contribution in [0.25, 0.3) is 0 Å². The quantitative estimate of drug-likeness (QED) is 0.560. The van der Waals surface area contributed by atoms with Crippen LogP contribution in [-0.2, 0) is 4.79 Å². The number of nitro benzene ring substituents is 1. The largest absolute Gasteiger partial charge is 0.371 e. The first kappa shape index (κ1) is 22.0. The molecule has 1 aromatic rings. The summed E-state index contributed by atoms with van der Waals surface area (Å²) in [4.78, 5) is 42.1. The van der Waals surface area contributed by atoms with Crippen molar-refractivity contribution in [3.05, 3.63) is 33.9 Å². The van der Waals surface area contributed by atoms with E-state index in [-0.39, 0.29) is 17.5 Å². The minimum atomic E-state index is -0.451. The van der Waals surface area contributed by atoms with Gasteiger partial charge in [0.15, 0.2) is 0 Å². The lowest BCUT2D eigenvalue weighted by atomic mass is 10.1. The first-order valence-corrected chi connectivity index (χ1v) is 10.8. The van der Waals surface area contributed by atoms with Gasteiger partial charge in [-0.3, -0.25) is 24.6 Å². The summed E-state index contributed by atoms with van der Waals surface area (Å²) in [6.45, 7) is 6.96. The van der Waals surface area contributed by atoms with Crippen molar-refractivity contribution in [2.45, 2.75) is 32.6 Å². The Labute approximate surface area is 177 Å². The van der Waals surface area contributed by atoms with Gasteiger partial charge in [0, 0.05) is 57.9 Å². The summed E-state index contributed by atoms with van der Waals surface area (Å²) in [6, 6.07) is 4.62. The number of carbonyl (C=O) groups excluding carboxylic acids is 2. The van der Waals surface area contributed by atoms with Gasteiger partial charge in [0.05, 0.1) is 22.7 Å². The molecular weight excluding hydrogens is 386 g/mol. The van der Waals surface area contributed by atoms with E-state index in [1.165, 1.54) is 18.6 Å². The Morgan fingerprint density at radius 3 is 2.50 bits per heavy atom. The van der Waals surface area contributed by atoms with Crippen molar-refractivity contribution in [3.63, 3.8) is 0 Å².